The monoisotopic (exact) mass is 803 g/mol. The lowest BCUT2D eigenvalue weighted by Gasteiger charge is -2.45. The highest BCUT2D eigenvalue weighted by molar-refractivity contribution is 7.86. The minimum Gasteiger partial charge on any atom is -0.468 e. The lowest BCUT2D eigenvalue weighted by Crippen LogP contribution is -2.65. The summed E-state index contributed by atoms with van der Waals surface area (Å²) in [4.78, 5) is 15.6. The van der Waals surface area contributed by atoms with Gasteiger partial charge >= 0.3 is 5.97 Å². The zero-order valence-corrected chi connectivity index (χ0v) is 30.7. The highest BCUT2D eigenvalue weighted by Crippen LogP contribution is 2.35. The van der Waals surface area contributed by atoms with Crippen LogP contribution >= 0.6 is 22.9 Å². The van der Waals surface area contributed by atoms with Gasteiger partial charge in [-0.05, 0) is 47.2 Å². The van der Waals surface area contributed by atoms with Gasteiger partial charge < -0.3 is 54.7 Å². The van der Waals surface area contributed by atoms with Gasteiger partial charge in [0.25, 0.3) is 10.1 Å². The molecule has 3 aliphatic heterocycles. The molecule has 0 radical (unpaired) electrons. The fraction of sp³-hybridized carbons (Fsp3) is 0.500. The van der Waals surface area contributed by atoms with Crippen LogP contribution in [0.2, 0.25) is 5.02 Å². The van der Waals surface area contributed by atoms with E-state index in [1.165, 1.54) is 41.8 Å². The Morgan fingerprint density at radius 3 is 2.23 bits per heavy atom. The van der Waals surface area contributed by atoms with Gasteiger partial charge in [0, 0.05) is 23.0 Å². The first-order chi connectivity index (χ1) is 25.3. The summed E-state index contributed by atoms with van der Waals surface area (Å²) in [6.07, 6.45) is -16.3. The summed E-state index contributed by atoms with van der Waals surface area (Å²) in [5.41, 5.74) is 2.11. The molecule has 7 N–H and O–H groups in total. The van der Waals surface area contributed by atoms with Crippen LogP contribution in [0.3, 0.4) is 0 Å². The predicted octanol–water partition coefficient (Wildman–Crippen LogP) is -0.310. The van der Waals surface area contributed by atoms with E-state index in [9.17, 15) is 49.0 Å². The second-order valence-corrected chi connectivity index (χ2v) is 15.4. The van der Waals surface area contributed by atoms with E-state index in [0.717, 1.165) is 25.1 Å². The normalized spacial score (nSPS) is 31.1. The third-order valence-corrected chi connectivity index (χ3v) is 11.7. The first kappa shape index (κ1) is 41.5. The van der Waals surface area contributed by atoms with E-state index in [1.54, 1.807) is 17.4 Å². The third kappa shape index (κ3) is 9.43. The number of hydrogen-bond acceptors (Lipinski definition) is 17. The van der Waals surface area contributed by atoms with E-state index in [-0.39, 0.29) is 10.9 Å². The van der Waals surface area contributed by atoms with Gasteiger partial charge in [0.1, 0.15) is 48.8 Å². The van der Waals surface area contributed by atoms with E-state index in [1.807, 2.05) is 24.3 Å². The Balaban J connectivity index is 0.000000222. The predicted molar refractivity (Wildman–Crippen MR) is 186 cm³/mol. The summed E-state index contributed by atoms with van der Waals surface area (Å²) < 4.78 is 51.2. The molecule has 0 aliphatic carbocycles. The second kappa shape index (κ2) is 18.3. The summed E-state index contributed by atoms with van der Waals surface area (Å²) in [7, 11) is -3.07. The zero-order chi connectivity index (χ0) is 38.4. The van der Waals surface area contributed by atoms with Crippen LogP contribution in [0.25, 0.3) is 0 Å². The van der Waals surface area contributed by atoms with Crippen LogP contribution < -0.4 is 0 Å². The van der Waals surface area contributed by atoms with Crippen molar-refractivity contribution in [1.82, 2.24) is 4.90 Å². The molecule has 6 rings (SSSR count). The summed E-state index contributed by atoms with van der Waals surface area (Å²) in [6, 6.07) is 16.1. The fourth-order valence-corrected chi connectivity index (χ4v) is 8.45. The molecule has 16 nitrogen and oxygen atoms in total. The second-order valence-electron chi connectivity index (χ2n) is 12.4. The number of esters is 1. The number of methoxy groups -OCH3 is 1. The van der Waals surface area contributed by atoms with Crippen molar-refractivity contribution in [2.24, 2.45) is 0 Å². The zero-order valence-electron chi connectivity index (χ0n) is 28.3. The lowest BCUT2D eigenvalue weighted by molar-refractivity contribution is -0.352. The first-order valence-electron chi connectivity index (χ1n) is 16.5. The maximum atomic E-state index is 12.7. The maximum absolute atomic E-state index is 12.7. The Hall–Kier alpha value is -2.63. The molecule has 2 aromatic carbocycles. The number of ether oxygens (including phenoxy) is 4. The summed E-state index contributed by atoms with van der Waals surface area (Å²) >= 11 is 8.07. The Morgan fingerprint density at radius 2 is 1.57 bits per heavy atom. The van der Waals surface area contributed by atoms with Crippen LogP contribution in [0.4, 0.5) is 0 Å². The van der Waals surface area contributed by atoms with E-state index in [4.69, 9.17) is 34.7 Å². The number of halogens is 1. The molecule has 2 fully saturated rings. The topological polar surface area (TPSA) is 242 Å². The number of aliphatic hydroxyl groups excluding tert-OH is 7. The van der Waals surface area contributed by atoms with Crippen LogP contribution in [0.1, 0.15) is 22.0 Å². The largest absolute Gasteiger partial charge is 0.468 e. The number of fused-ring (bicyclic) bond motifs is 1. The molecule has 0 saturated carbocycles. The fourth-order valence-electron chi connectivity index (χ4n) is 6.22. The molecule has 0 spiro atoms. The molecule has 53 heavy (non-hydrogen) atoms. The Labute approximate surface area is 314 Å². The maximum Gasteiger partial charge on any atom is 0.327 e. The number of carbonyl (C=O) groups excluding carboxylic acids is 1. The van der Waals surface area contributed by atoms with E-state index >= 15 is 0 Å². The molecule has 2 saturated heterocycles. The van der Waals surface area contributed by atoms with Crippen LogP contribution in [-0.2, 0) is 51.0 Å². The number of nitrogens with zero attached hydrogens (tertiary/aromatic N) is 1. The van der Waals surface area contributed by atoms with Crippen molar-refractivity contribution in [3.63, 3.8) is 0 Å². The molecule has 0 bridgehead atoms. The van der Waals surface area contributed by atoms with Gasteiger partial charge in [-0.3, -0.25) is 9.08 Å². The number of carbonyl (C=O) groups is 1. The number of rotatable bonds is 10. The highest BCUT2D eigenvalue weighted by Gasteiger charge is 2.52. The smallest absolute Gasteiger partial charge is 0.327 e. The minimum atomic E-state index is -4.49. The number of aliphatic hydroxyl groups is 7. The van der Waals surface area contributed by atoms with Gasteiger partial charge in [-0.2, -0.15) is 8.42 Å². The molecule has 0 unspecified atom stereocenters. The van der Waals surface area contributed by atoms with Crippen molar-refractivity contribution in [2.45, 2.75) is 85.3 Å². The van der Waals surface area contributed by atoms with Crippen molar-refractivity contribution in [3.8, 4) is 0 Å². The lowest BCUT2D eigenvalue weighted by atomic mass is 9.97. The van der Waals surface area contributed by atoms with Crippen molar-refractivity contribution >= 4 is 39.0 Å². The molecule has 3 aliphatic rings. The quantitative estimate of drug-likeness (QED) is 0.103. The van der Waals surface area contributed by atoms with Crippen molar-refractivity contribution in [3.05, 3.63) is 87.1 Å². The Bertz CT molecular complexity index is 1750. The SMILES string of the molecule is COC(=O)[C@H](c1ccccc1Cl)N1CCc2sccc2C1.O=S(=O)(O[C@H]1[C@H](O[C@H]2[C@H](O)[C@@H](O)[C@H](O)O[C@@H]2CO)O[C@H](CO)[C@H](O)[C@@H]1O)c1ccccc1. The molecule has 11 atom stereocenters. The van der Waals surface area contributed by atoms with Crippen LogP contribution in [-0.4, -0.2) is 143 Å². The van der Waals surface area contributed by atoms with Gasteiger partial charge in [-0.1, -0.05) is 48.0 Å². The number of thiophene rings is 1. The highest BCUT2D eigenvalue weighted by atomic mass is 35.5. The molecule has 3 aromatic rings. The molecule has 4 heterocycles. The Morgan fingerprint density at radius 1 is 0.906 bits per heavy atom. The van der Waals surface area contributed by atoms with Gasteiger partial charge in [-0.15, -0.1) is 11.3 Å². The van der Waals surface area contributed by atoms with Crippen LogP contribution in [0.15, 0.2) is 70.9 Å². The van der Waals surface area contributed by atoms with Crippen molar-refractivity contribution in [2.75, 3.05) is 26.9 Å². The number of hydrogen-bond donors (Lipinski definition) is 7. The van der Waals surface area contributed by atoms with Crippen molar-refractivity contribution in [1.29, 1.82) is 0 Å². The third-order valence-electron chi connectivity index (χ3n) is 9.05. The molecular weight excluding hydrogens is 762 g/mol. The molecule has 292 valence electrons. The summed E-state index contributed by atoms with van der Waals surface area (Å²) in [6.45, 7) is 0.0216. The Kier molecular flexibility index (Phi) is 14.4. The van der Waals surface area contributed by atoms with Gasteiger partial charge in [0.05, 0.1) is 25.2 Å². The van der Waals surface area contributed by atoms with Crippen LogP contribution in [0, 0.1) is 0 Å². The summed E-state index contributed by atoms with van der Waals surface area (Å²) in [5, 5.41) is 72.1. The standard InChI is InChI=1S/C18H26O13S.C16H16ClNO2S/c19-6-9-11(21)12(22)16(31-32(26,27)8-4-2-1-3-5-8)18(29-9)30-15-10(7-20)28-17(25)14(24)13(15)23;1-20-16(19)15(12-4-2-3-5-13(12)17)18-8-6-14-11(10-18)7-9-21-14/h1-5,9-25H,6-7H2;2-5,7,9,15H,6,8,10H2,1H3/t9-,10-,11+,12+,13-,14-,15-,16-,17-,18+;15-/m10/s1. The summed E-state index contributed by atoms with van der Waals surface area (Å²) in [5.74, 6) is -0.262. The van der Waals surface area contributed by atoms with Gasteiger partial charge in [-0.25, -0.2) is 4.79 Å². The minimum absolute atomic E-state index is 0.262. The van der Waals surface area contributed by atoms with E-state index < -0.39 is 90.8 Å². The van der Waals surface area contributed by atoms with E-state index in [0.29, 0.717) is 5.02 Å². The van der Waals surface area contributed by atoms with Crippen LogP contribution in [0.5, 0.6) is 0 Å². The first-order valence-corrected chi connectivity index (χ1v) is 19.2. The molecule has 1 aromatic heterocycles. The van der Waals surface area contributed by atoms with Gasteiger partial charge in [0.15, 0.2) is 18.7 Å². The average molecular weight is 804 g/mol. The molecule has 0 amide bonds. The van der Waals surface area contributed by atoms with Gasteiger partial charge in [0.2, 0.25) is 0 Å². The number of benzene rings is 2. The average Bonchev–Trinajstić information content (AvgIpc) is 3.64. The van der Waals surface area contributed by atoms with Crippen molar-refractivity contribution < 1.29 is 72.1 Å². The molecule has 19 heteroatoms. The molecular formula is C34H42ClNO15S2. The van der Waals surface area contributed by atoms with E-state index in [2.05, 4.69) is 16.3 Å².